The molecule has 16 heavy (non-hydrogen) atoms. The third-order valence-corrected chi connectivity index (χ3v) is 1.91. The maximum atomic E-state index is 11.5. The van der Waals surface area contributed by atoms with Gasteiger partial charge in [0.25, 0.3) is 0 Å². The van der Waals surface area contributed by atoms with Crippen molar-refractivity contribution in [1.29, 1.82) is 5.26 Å². The van der Waals surface area contributed by atoms with E-state index < -0.39 is 0 Å². The molecule has 1 aromatic heterocycles. The van der Waals surface area contributed by atoms with Crippen LogP contribution in [0.4, 0.5) is 0 Å². The maximum absolute atomic E-state index is 11.5. The molecule has 1 amide bonds. The number of nitrogens with one attached hydrogen (secondary N) is 1. The van der Waals surface area contributed by atoms with Gasteiger partial charge in [-0.15, -0.1) is 5.10 Å². The first kappa shape index (κ1) is 12.1. The van der Waals surface area contributed by atoms with Crippen LogP contribution in [-0.4, -0.2) is 26.9 Å². The molecule has 0 saturated carbocycles. The first-order chi connectivity index (χ1) is 7.65. The van der Waals surface area contributed by atoms with Gasteiger partial charge in [0.05, 0.1) is 24.4 Å². The summed E-state index contributed by atoms with van der Waals surface area (Å²) in [4.78, 5) is 11.5. The molecule has 1 unspecified atom stereocenters. The lowest BCUT2D eigenvalue weighted by Gasteiger charge is -2.09. The second-order valence-electron chi connectivity index (χ2n) is 3.44. The van der Waals surface area contributed by atoms with E-state index in [2.05, 4.69) is 15.6 Å². The van der Waals surface area contributed by atoms with E-state index in [1.807, 2.05) is 6.07 Å². The van der Waals surface area contributed by atoms with E-state index in [1.165, 1.54) is 4.68 Å². The minimum absolute atomic E-state index is 0.0861. The molecule has 1 heterocycles. The molecule has 0 spiro atoms. The Balaban J connectivity index is 2.42. The fourth-order valence-electron chi connectivity index (χ4n) is 1.16. The van der Waals surface area contributed by atoms with E-state index in [4.69, 9.17) is 11.0 Å². The standard InChI is InChI=1S/C9H14N6O/c1-7(2-3-10)12-9(16)6-15-5-8(4-11)13-14-15/h5,7H,2,4,6,11H2,1H3,(H,12,16). The summed E-state index contributed by atoms with van der Waals surface area (Å²) in [7, 11) is 0. The highest BCUT2D eigenvalue weighted by atomic mass is 16.2. The number of nitriles is 1. The molecule has 0 radical (unpaired) electrons. The van der Waals surface area contributed by atoms with Crippen LogP contribution in [0.5, 0.6) is 0 Å². The van der Waals surface area contributed by atoms with Crippen LogP contribution in [0.2, 0.25) is 0 Å². The molecular formula is C9H14N6O. The second kappa shape index (κ2) is 5.82. The summed E-state index contributed by atoms with van der Waals surface area (Å²) in [6.07, 6.45) is 1.91. The van der Waals surface area contributed by atoms with E-state index in [0.29, 0.717) is 12.2 Å². The molecule has 1 aromatic rings. The number of carbonyl (C=O) groups excluding carboxylic acids is 1. The van der Waals surface area contributed by atoms with Crippen molar-refractivity contribution in [1.82, 2.24) is 20.3 Å². The van der Waals surface area contributed by atoms with Crippen molar-refractivity contribution in [3.63, 3.8) is 0 Å². The van der Waals surface area contributed by atoms with Gasteiger partial charge in [0.1, 0.15) is 6.54 Å². The van der Waals surface area contributed by atoms with Crippen molar-refractivity contribution in [2.45, 2.75) is 32.5 Å². The Bertz CT molecular complexity index is 393. The van der Waals surface area contributed by atoms with Crippen LogP contribution in [0, 0.1) is 11.3 Å². The van der Waals surface area contributed by atoms with Crippen LogP contribution in [0.25, 0.3) is 0 Å². The molecule has 0 bridgehead atoms. The van der Waals surface area contributed by atoms with E-state index >= 15 is 0 Å². The number of rotatable bonds is 5. The van der Waals surface area contributed by atoms with Gasteiger partial charge in [-0.05, 0) is 6.92 Å². The van der Waals surface area contributed by atoms with Crippen molar-refractivity contribution < 1.29 is 4.79 Å². The van der Waals surface area contributed by atoms with Crippen molar-refractivity contribution in [2.24, 2.45) is 5.73 Å². The highest BCUT2D eigenvalue weighted by Gasteiger charge is 2.08. The fraction of sp³-hybridized carbons (Fsp3) is 0.556. The van der Waals surface area contributed by atoms with E-state index in [-0.39, 0.29) is 24.9 Å². The summed E-state index contributed by atoms with van der Waals surface area (Å²) in [5.41, 5.74) is 6.00. The number of hydrogen-bond donors (Lipinski definition) is 2. The molecule has 0 saturated heterocycles. The van der Waals surface area contributed by atoms with Gasteiger partial charge in [-0.1, -0.05) is 5.21 Å². The average molecular weight is 222 g/mol. The maximum Gasteiger partial charge on any atom is 0.242 e. The van der Waals surface area contributed by atoms with Crippen LogP contribution >= 0.6 is 0 Å². The highest BCUT2D eigenvalue weighted by Crippen LogP contribution is 1.92. The van der Waals surface area contributed by atoms with E-state index in [0.717, 1.165) is 0 Å². The fourth-order valence-corrected chi connectivity index (χ4v) is 1.16. The summed E-state index contributed by atoms with van der Waals surface area (Å²) in [6.45, 7) is 2.16. The normalized spacial score (nSPS) is 11.8. The van der Waals surface area contributed by atoms with E-state index in [1.54, 1.807) is 13.1 Å². The number of nitrogens with zero attached hydrogens (tertiary/aromatic N) is 4. The van der Waals surface area contributed by atoms with Crippen LogP contribution in [-0.2, 0) is 17.9 Å². The topological polar surface area (TPSA) is 110 Å². The molecule has 1 atom stereocenters. The highest BCUT2D eigenvalue weighted by molar-refractivity contribution is 5.75. The zero-order chi connectivity index (χ0) is 12.0. The quantitative estimate of drug-likeness (QED) is 0.674. The van der Waals surface area contributed by atoms with Gasteiger partial charge in [0.2, 0.25) is 5.91 Å². The van der Waals surface area contributed by atoms with Gasteiger partial charge in [0, 0.05) is 12.6 Å². The summed E-state index contributed by atoms with van der Waals surface area (Å²) in [5, 5.41) is 18.6. The molecule has 0 aromatic carbocycles. The summed E-state index contributed by atoms with van der Waals surface area (Å²) in [5.74, 6) is -0.198. The summed E-state index contributed by atoms with van der Waals surface area (Å²) < 4.78 is 1.41. The smallest absolute Gasteiger partial charge is 0.242 e. The average Bonchev–Trinajstić information content (AvgIpc) is 2.65. The van der Waals surface area contributed by atoms with Gasteiger partial charge < -0.3 is 11.1 Å². The Morgan fingerprint density at radius 1 is 1.81 bits per heavy atom. The predicted octanol–water partition coefficient (Wildman–Crippen LogP) is -0.845. The van der Waals surface area contributed by atoms with Crippen molar-refractivity contribution in [3.8, 4) is 6.07 Å². The van der Waals surface area contributed by atoms with Gasteiger partial charge in [-0.25, -0.2) is 4.68 Å². The Hall–Kier alpha value is -1.94. The molecule has 0 aliphatic carbocycles. The molecule has 7 nitrogen and oxygen atoms in total. The Morgan fingerprint density at radius 2 is 2.56 bits per heavy atom. The number of nitrogens with two attached hydrogens (primary N) is 1. The molecule has 0 fully saturated rings. The minimum Gasteiger partial charge on any atom is -0.351 e. The summed E-state index contributed by atoms with van der Waals surface area (Å²) >= 11 is 0. The lowest BCUT2D eigenvalue weighted by atomic mass is 10.2. The lowest BCUT2D eigenvalue weighted by Crippen LogP contribution is -2.34. The lowest BCUT2D eigenvalue weighted by molar-refractivity contribution is -0.122. The largest absolute Gasteiger partial charge is 0.351 e. The monoisotopic (exact) mass is 222 g/mol. The van der Waals surface area contributed by atoms with Crippen molar-refractivity contribution >= 4 is 5.91 Å². The van der Waals surface area contributed by atoms with Gasteiger partial charge in [0.15, 0.2) is 0 Å². The first-order valence-corrected chi connectivity index (χ1v) is 4.91. The second-order valence-corrected chi connectivity index (χ2v) is 3.44. The van der Waals surface area contributed by atoms with Crippen LogP contribution in [0.1, 0.15) is 19.0 Å². The SMILES string of the molecule is CC(CC#N)NC(=O)Cn1cc(CN)nn1. The zero-order valence-electron chi connectivity index (χ0n) is 9.05. The van der Waals surface area contributed by atoms with Gasteiger partial charge in [-0.3, -0.25) is 4.79 Å². The van der Waals surface area contributed by atoms with Crippen LogP contribution in [0.3, 0.4) is 0 Å². The minimum atomic E-state index is -0.198. The number of amides is 1. The Morgan fingerprint density at radius 3 is 3.12 bits per heavy atom. The van der Waals surface area contributed by atoms with Gasteiger partial charge in [-0.2, -0.15) is 5.26 Å². The zero-order valence-corrected chi connectivity index (χ0v) is 9.05. The predicted molar refractivity (Wildman–Crippen MR) is 55.7 cm³/mol. The Labute approximate surface area is 93.2 Å². The van der Waals surface area contributed by atoms with Crippen molar-refractivity contribution in [3.05, 3.63) is 11.9 Å². The molecule has 3 N–H and O–H groups in total. The third-order valence-electron chi connectivity index (χ3n) is 1.91. The van der Waals surface area contributed by atoms with Crippen LogP contribution < -0.4 is 11.1 Å². The number of carbonyl (C=O) groups is 1. The molecular weight excluding hydrogens is 208 g/mol. The molecule has 86 valence electrons. The molecule has 0 aliphatic rings. The van der Waals surface area contributed by atoms with Crippen molar-refractivity contribution in [2.75, 3.05) is 0 Å². The number of hydrogen-bond acceptors (Lipinski definition) is 5. The number of aromatic nitrogens is 3. The first-order valence-electron chi connectivity index (χ1n) is 4.91. The van der Waals surface area contributed by atoms with Crippen LogP contribution in [0.15, 0.2) is 6.20 Å². The molecule has 7 heteroatoms. The third kappa shape index (κ3) is 3.67. The molecule has 1 rings (SSSR count). The Kier molecular flexibility index (Phi) is 4.42. The van der Waals surface area contributed by atoms with Gasteiger partial charge >= 0.3 is 0 Å². The summed E-state index contributed by atoms with van der Waals surface area (Å²) in [6, 6.07) is 1.83. The van der Waals surface area contributed by atoms with E-state index in [9.17, 15) is 4.79 Å². The molecule has 0 aliphatic heterocycles.